The van der Waals surface area contributed by atoms with Crippen molar-refractivity contribution in [3.8, 4) is 12.1 Å². The molecule has 0 radical (unpaired) electrons. The van der Waals surface area contributed by atoms with Gasteiger partial charge in [0.25, 0.3) is 0 Å². The Labute approximate surface area is 184 Å². The lowest BCUT2D eigenvalue weighted by molar-refractivity contribution is -0.144. The third-order valence-electron chi connectivity index (χ3n) is 4.89. The van der Waals surface area contributed by atoms with Crippen LogP contribution in [0.15, 0.2) is 30.3 Å². The fourth-order valence-electron chi connectivity index (χ4n) is 3.31. The van der Waals surface area contributed by atoms with Crippen LogP contribution in [-0.2, 0) is 25.5 Å². The molecular weight excluding hydrogens is 396 g/mol. The van der Waals surface area contributed by atoms with Crippen molar-refractivity contribution in [3.05, 3.63) is 35.9 Å². The molecule has 1 fully saturated rings. The van der Waals surface area contributed by atoms with Crippen LogP contribution < -0.4 is 5.73 Å². The number of nitrogens with zero attached hydrogens (tertiary/aromatic N) is 3. The van der Waals surface area contributed by atoms with E-state index < -0.39 is 0 Å². The molecule has 0 aliphatic carbocycles. The summed E-state index contributed by atoms with van der Waals surface area (Å²) in [4.78, 5) is 42.7. The molecule has 1 aromatic carbocycles. The molecule has 8 nitrogen and oxygen atoms in total. The molecule has 1 saturated heterocycles. The van der Waals surface area contributed by atoms with Gasteiger partial charge in [0.2, 0.25) is 17.7 Å². The van der Waals surface area contributed by atoms with E-state index in [4.69, 9.17) is 10.5 Å². The highest BCUT2D eigenvalue weighted by atomic mass is 16.5. The molecule has 8 heteroatoms. The van der Waals surface area contributed by atoms with E-state index in [2.05, 4.69) is 12.1 Å². The summed E-state index contributed by atoms with van der Waals surface area (Å²) >= 11 is 0. The minimum absolute atomic E-state index is 0.0287. The van der Waals surface area contributed by atoms with Crippen LogP contribution in [-0.4, -0.2) is 78.4 Å². The van der Waals surface area contributed by atoms with E-state index in [0.29, 0.717) is 39.3 Å². The highest BCUT2D eigenvalue weighted by Gasteiger charge is 2.25. The topological polar surface area (TPSA) is 96.2 Å². The molecular formula is C23H32N4O4. The zero-order valence-electron chi connectivity index (χ0n) is 18.4. The summed E-state index contributed by atoms with van der Waals surface area (Å²) in [6, 6.07) is 14.4. The number of rotatable bonds is 9. The Morgan fingerprint density at radius 3 is 2.39 bits per heavy atom. The van der Waals surface area contributed by atoms with Crippen molar-refractivity contribution in [2.45, 2.75) is 26.7 Å². The molecule has 0 bridgehead atoms. The molecule has 0 saturated carbocycles. The second-order valence-electron chi connectivity index (χ2n) is 7.88. The highest BCUT2D eigenvalue weighted by Crippen LogP contribution is 2.07. The quantitative estimate of drug-likeness (QED) is 0.461. The number of amides is 3. The average molecular weight is 429 g/mol. The van der Waals surface area contributed by atoms with Crippen molar-refractivity contribution in [3.63, 3.8) is 0 Å². The Hall–Kier alpha value is -3.05. The number of hydrogen-bond donors (Lipinski definition) is 1. The van der Waals surface area contributed by atoms with Crippen LogP contribution in [0, 0.1) is 18.0 Å². The molecule has 2 N–H and O–H groups in total. The van der Waals surface area contributed by atoms with Crippen LogP contribution in [0.25, 0.3) is 0 Å². The summed E-state index contributed by atoms with van der Waals surface area (Å²) in [7, 11) is 0. The third kappa shape index (κ3) is 8.30. The van der Waals surface area contributed by atoms with Gasteiger partial charge in [-0.25, -0.2) is 0 Å². The molecule has 0 aromatic heterocycles. The molecule has 1 heterocycles. The molecule has 1 aromatic rings. The van der Waals surface area contributed by atoms with Gasteiger partial charge in [-0.15, -0.1) is 0 Å². The van der Waals surface area contributed by atoms with Gasteiger partial charge < -0.3 is 20.3 Å². The predicted octanol–water partition coefficient (Wildman–Crippen LogP) is 0.668. The number of benzene rings is 1. The first-order valence-electron chi connectivity index (χ1n) is 10.6. The van der Waals surface area contributed by atoms with Gasteiger partial charge in [0.05, 0.1) is 19.8 Å². The van der Waals surface area contributed by atoms with Crippen molar-refractivity contribution in [1.29, 1.82) is 0 Å². The predicted molar refractivity (Wildman–Crippen MR) is 117 cm³/mol. The molecule has 1 aliphatic rings. The maximum Gasteiger partial charge on any atom is 0.243 e. The zero-order chi connectivity index (χ0) is 22.6. The van der Waals surface area contributed by atoms with Crippen molar-refractivity contribution in [2.24, 2.45) is 11.7 Å². The van der Waals surface area contributed by atoms with Gasteiger partial charge in [-0.2, -0.15) is 0 Å². The van der Waals surface area contributed by atoms with Crippen molar-refractivity contribution < 1.29 is 19.1 Å². The van der Waals surface area contributed by atoms with Crippen LogP contribution in [0.5, 0.6) is 0 Å². The summed E-state index contributed by atoms with van der Waals surface area (Å²) in [5.74, 6) is -0.557. The van der Waals surface area contributed by atoms with E-state index in [1.807, 2.05) is 44.2 Å². The fraction of sp³-hybridized carbons (Fsp3) is 0.522. The van der Waals surface area contributed by atoms with Gasteiger partial charge in [0.15, 0.2) is 0 Å². The number of carbonyl (C=O) groups excluding carboxylic acids is 3. The van der Waals surface area contributed by atoms with E-state index in [1.54, 1.807) is 4.90 Å². The van der Waals surface area contributed by atoms with Gasteiger partial charge in [-0.1, -0.05) is 44.2 Å². The van der Waals surface area contributed by atoms with Crippen LogP contribution in [0.3, 0.4) is 0 Å². The van der Waals surface area contributed by atoms with Gasteiger partial charge in [0, 0.05) is 38.1 Å². The Balaban J connectivity index is 2.00. The lowest BCUT2D eigenvalue weighted by atomic mass is 10.1. The SMILES string of the molecule is CC(C)CN(CC(=O)N1CCOCC1)C(=O)CN(C#CN)C(=O)CCc1ccccc1. The maximum atomic E-state index is 13.0. The number of carbonyl (C=O) groups is 3. The summed E-state index contributed by atoms with van der Waals surface area (Å²) in [5, 5.41) is 0. The monoisotopic (exact) mass is 428 g/mol. The highest BCUT2D eigenvalue weighted by molar-refractivity contribution is 5.89. The molecule has 3 amide bonds. The minimum Gasteiger partial charge on any atom is -0.378 e. The molecule has 0 atom stereocenters. The number of hydrogen-bond acceptors (Lipinski definition) is 5. The molecule has 168 valence electrons. The molecule has 0 unspecified atom stereocenters. The van der Waals surface area contributed by atoms with Crippen molar-refractivity contribution in [2.75, 3.05) is 45.9 Å². The first-order valence-corrected chi connectivity index (χ1v) is 10.6. The second-order valence-corrected chi connectivity index (χ2v) is 7.88. The van der Waals surface area contributed by atoms with Crippen LogP contribution in [0.2, 0.25) is 0 Å². The Morgan fingerprint density at radius 1 is 1.10 bits per heavy atom. The lowest BCUT2D eigenvalue weighted by Crippen LogP contribution is -2.50. The van der Waals surface area contributed by atoms with E-state index in [-0.39, 0.29) is 43.1 Å². The third-order valence-corrected chi connectivity index (χ3v) is 4.89. The van der Waals surface area contributed by atoms with Crippen LogP contribution >= 0.6 is 0 Å². The standard InChI is InChI=1S/C23H32N4O4/c1-19(2)16-27(18-22(29)25-12-14-31-15-13-25)23(30)17-26(11-10-24)21(28)9-8-20-6-4-3-5-7-20/h3-7,19H,8-9,12-18,24H2,1-2H3. The largest absolute Gasteiger partial charge is 0.378 e. The lowest BCUT2D eigenvalue weighted by Gasteiger charge is -2.31. The van der Waals surface area contributed by atoms with Crippen LogP contribution in [0.4, 0.5) is 0 Å². The number of aryl methyl sites for hydroxylation is 1. The average Bonchev–Trinajstić information content (AvgIpc) is 2.77. The van der Waals surface area contributed by atoms with Crippen LogP contribution in [0.1, 0.15) is 25.8 Å². The Morgan fingerprint density at radius 2 is 1.77 bits per heavy atom. The number of ether oxygens (including phenoxy) is 1. The Kier molecular flexibility index (Phi) is 9.85. The Bertz CT molecular complexity index is 795. The van der Waals surface area contributed by atoms with Gasteiger partial charge in [0.1, 0.15) is 6.54 Å². The van der Waals surface area contributed by atoms with E-state index in [0.717, 1.165) is 10.5 Å². The number of morpholine rings is 1. The van der Waals surface area contributed by atoms with Crippen molar-refractivity contribution in [1.82, 2.24) is 14.7 Å². The maximum absolute atomic E-state index is 13.0. The van der Waals surface area contributed by atoms with Crippen molar-refractivity contribution >= 4 is 17.7 Å². The molecule has 0 spiro atoms. The summed E-state index contributed by atoms with van der Waals surface area (Å²) < 4.78 is 5.28. The summed E-state index contributed by atoms with van der Waals surface area (Å²) in [5.41, 5.74) is 6.36. The van der Waals surface area contributed by atoms with Gasteiger partial charge >= 0.3 is 0 Å². The molecule has 2 rings (SSSR count). The zero-order valence-corrected chi connectivity index (χ0v) is 18.4. The van der Waals surface area contributed by atoms with E-state index >= 15 is 0 Å². The van der Waals surface area contributed by atoms with E-state index in [9.17, 15) is 14.4 Å². The van der Waals surface area contributed by atoms with Gasteiger partial charge in [-0.3, -0.25) is 19.3 Å². The molecule has 1 aliphatic heterocycles. The normalized spacial score (nSPS) is 13.3. The number of nitrogens with two attached hydrogens (primary N) is 1. The van der Waals surface area contributed by atoms with E-state index in [1.165, 1.54) is 4.90 Å². The minimum atomic E-state index is -0.328. The summed E-state index contributed by atoms with van der Waals surface area (Å²) in [6.07, 6.45) is 0.755. The fourth-order valence-corrected chi connectivity index (χ4v) is 3.31. The summed E-state index contributed by atoms with van der Waals surface area (Å²) in [6.45, 7) is 6.14. The first-order chi connectivity index (χ1) is 14.9. The second kappa shape index (κ2) is 12.6. The molecule has 31 heavy (non-hydrogen) atoms. The first kappa shape index (κ1) is 24.2. The van der Waals surface area contributed by atoms with Gasteiger partial charge in [-0.05, 0) is 17.9 Å². The smallest absolute Gasteiger partial charge is 0.243 e.